The molecule has 0 saturated carbocycles. The number of anilines is 1. The molecule has 2 aromatic heterocycles. The summed E-state index contributed by atoms with van der Waals surface area (Å²) in [5, 5.41) is 11.3. The van der Waals surface area contributed by atoms with Gasteiger partial charge in [0.05, 0.1) is 5.52 Å². The molecule has 6 nitrogen and oxygen atoms in total. The SMILES string of the molecule is Cc1cnccc1CCNC(=O)Nc1ccc2nn(C(C)C)cc2c1. The highest BCUT2D eigenvalue weighted by Gasteiger charge is 2.07. The Morgan fingerprint density at radius 3 is 2.88 bits per heavy atom. The van der Waals surface area contributed by atoms with E-state index >= 15 is 0 Å². The van der Waals surface area contributed by atoms with Crippen LogP contribution in [0, 0.1) is 6.92 Å². The highest BCUT2D eigenvalue weighted by molar-refractivity contribution is 5.92. The van der Waals surface area contributed by atoms with Crippen LogP contribution in [0.15, 0.2) is 42.9 Å². The average molecular weight is 337 g/mol. The highest BCUT2D eigenvalue weighted by atomic mass is 16.2. The number of fused-ring (bicyclic) bond motifs is 1. The molecule has 0 aliphatic rings. The smallest absolute Gasteiger partial charge is 0.319 e. The third-order valence-corrected chi connectivity index (χ3v) is 4.13. The maximum atomic E-state index is 12.1. The molecule has 0 saturated heterocycles. The maximum absolute atomic E-state index is 12.1. The number of urea groups is 1. The predicted molar refractivity (Wildman–Crippen MR) is 99.8 cm³/mol. The van der Waals surface area contributed by atoms with Gasteiger partial charge >= 0.3 is 6.03 Å². The summed E-state index contributed by atoms with van der Waals surface area (Å²) in [6.07, 6.45) is 6.38. The molecule has 0 unspecified atom stereocenters. The number of amides is 2. The summed E-state index contributed by atoms with van der Waals surface area (Å²) in [7, 11) is 0. The molecule has 2 heterocycles. The number of rotatable bonds is 5. The monoisotopic (exact) mass is 337 g/mol. The van der Waals surface area contributed by atoms with E-state index in [0.29, 0.717) is 12.6 Å². The lowest BCUT2D eigenvalue weighted by Gasteiger charge is -2.09. The van der Waals surface area contributed by atoms with E-state index < -0.39 is 0 Å². The number of nitrogens with zero attached hydrogens (tertiary/aromatic N) is 3. The number of hydrogen-bond acceptors (Lipinski definition) is 3. The van der Waals surface area contributed by atoms with Gasteiger partial charge in [0.1, 0.15) is 0 Å². The Kier molecular flexibility index (Phi) is 4.97. The zero-order chi connectivity index (χ0) is 17.8. The van der Waals surface area contributed by atoms with Gasteiger partial charge in [0.25, 0.3) is 0 Å². The Morgan fingerprint density at radius 1 is 1.28 bits per heavy atom. The van der Waals surface area contributed by atoms with E-state index in [-0.39, 0.29) is 6.03 Å². The van der Waals surface area contributed by atoms with Crippen LogP contribution in [0.25, 0.3) is 10.9 Å². The number of hydrogen-bond donors (Lipinski definition) is 2. The van der Waals surface area contributed by atoms with Crippen LogP contribution in [0.2, 0.25) is 0 Å². The number of aryl methyl sites for hydroxylation is 1. The zero-order valence-electron chi connectivity index (χ0n) is 14.8. The van der Waals surface area contributed by atoms with E-state index in [1.54, 1.807) is 6.20 Å². The summed E-state index contributed by atoms with van der Waals surface area (Å²) in [5.41, 5.74) is 4.01. The van der Waals surface area contributed by atoms with Gasteiger partial charge in [-0.05, 0) is 62.6 Å². The standard InChI is InChI=1S/C19H23N5O/c1-13(2)24-12-16-10-17(4-5-18(16)23-24)22-19(25)21-9-7-15-6-8-20-11-14(15)3/h4-6,8,10-13H,7,9H2,1-3H3,(H2,21,22,25). The minimum Gasteiger partial charge on any atom is -0.338 e. The minimum absolute atomic E-state index is 0.206. The van der Waals surface area contributed by atoms with Crippen molar-refractivity contribution in [2.45, 2.75) is 33.2 Å². The molecule has 2 N–H and O–H groups in total. The van der Waals surface area contributed by atoms with E-state index in [0.717, 1.165) is 28.6 Å². The van der Waals surface area contributed by atoms with E-state index in [1.807, 2.05) is 48.3 Å². The fourth-order valence-corrected chi connectivity index (χ4v) is 2.66. The number of carbonyl (C=O) groups excluding carboxylic acids is 1. The van der Waals surface area contributed by atoms with E-state index in [4.69, 9.17) is 0 Å². The van der Waals surface area contributed by atoms with Crippen LogP contribution in [-0.2, 0) is 6.42 Å². The molecular weight excluding hydrogens is 314 g/mol. The Bertz CT molecular complexity index is 884. The molecule has 2 amide bonds. The first kappa shape index (κ1) is 17.0. The Balaban J connectivity index is 1.57. The van der Waals surface area contributed by atoms with Gasteiger partial charge < -0.3 is 10.6 Å². The molecule has 0 spiro atoms. The third-order valence-electron chi connectivity index (χ3n) is 4.13. The molecular formula is C19H23N5O. The molecule has 0 atom stereocenters. The number of benzene rings is 1. The highest BCUT2D eigenvalue weighted by Crippen LogP contribution is 2.19. The summed E-state index contributed by atoms with van der Waals surface area (Å²) in [4.78, 5) is 16.2. The van der Waals surface area contributed by atoms with Gasteiger partial charge in [-0.2, -0.15) is 5.10 Å². The van der Waals surface area contributed by atoms with Gasteiger partial charge in [-0.1, -0.05) is 0 Å². The first-order valence-electron chi connectivity index (χ1n) is 8.46. The van der Waals surface area contributed by atoms with E-state index in [2.05, 4.69) is 34.6 Å². The Morgan fingerprint density at radius 2 is 2.12 bits per heavy atom. The van der Waals surface area contributed by atoms with Crippen LogP contribution in [0.5, 0.6) is 0 Å². The van der Waals surface area contributed by atoms with Gasteiger partial charge in [-0.3, -0.25) is 9.67 Å². The van der Waals surface area contributed by atoms with Crippen molar-refractivity contribution in [3.63, 3.8) is 0 Å². The maximum Gasteiger partial charge on any atom is 0.319 e. The van der Waals surface area contributed by atoms with Crippen LogP contribution < -0.4 is 10.6 Å². The molecule has 1 aromatic carbocycles. The van der Waals surface area contributed by atoms with Crippen LogP contribution in [0.3, 0.4) is 0 Å². The van der Waals surface area contributed by atoms with Crippen molar-refractivity contribution >= 4 is 22.6 Å². The Hall–Kier alpha value is -2.89. The molecule has 0 aliphatic heterocycles. The normalized spacial score (nSPS) is 11.0. The van der Waals surface area contributed by atoms with Crippen molar-refractivity contribution in [3.05, 3.63) is 54.0 Å². The molecule has 3 rings (SSSR count). The van der Waals surface area contributed by atoms with Crippen LogP contribution >= 0.6 is 0 Å². The fourth-order valence-electron chi connectivity index (χ4n) is 2.66. The summed E-state index contributed by atoms with van der Waals surface area (Å²) < 4.78 is 1.92. The van der Waals surface area contributed by atoms with Gasteiger partial charge in [0.2, 0.25) is 0 Å². The topological polar surface area (TPSA) is 71.8 Å². The second-order valence-electron chi connectivity index (χ2n) is 6.41. The lowest BCUT2D eigenvalue weighted by molar-refractivity contribution is 0.252. The van der Waals surface area contributed by atoms with Crippen molar-refractivity contribution in [2.24, 2.45) is 0 Å². The first-order chi connectivity index (χ1) is 12.0. The average Bonchev–Trinajstić information content (AvgIpc) is 3.00. The van der Waals surface area contributed by atoms with Crippen molar-refractivity contribution in [1.29, 1.82) is 0 Å². The predicted octanol–water partition coefficient (Wildman–Crippen LogP) is 3.68. The minimum atomic E-state index is -0.206. The number of nitrogens with one attached hydrogen (secondary N) is 2. The quantitative estimate of drug-likeness (QED) is 0.746. The van der Waals surface area contributed by atoms with Gasteiger partial charge in [0, 0.05) is 42.3 Å². The largest absolute Gasteiger partial charge is 0.338 e. The van der Waals surface area contributed by atoms with Gasteiger partial charge in [-0.15, -0.1) is 0 Å². The fraction of sp³-hybridized carbons (Fsp3) is 0.316. The van der Waals surface area contributed by atoms with Gasteiger partial charge in [0.15, 0.2) is 0 Å². The Labute approximate surface area is 147 Å². The van der Waals surface area contributed by atoms with Gasteiger partial charge in [-0.25, -0.2) is 4.79 Å². The third kappa shape index (κ3) is 4.15. The van der Waals surface area contributed by atoms with Crippen LogP contribution in [0.1, 0.15) is 31.0 Å². The summed E-state index contributed by atoms with van der Waals surface area (Å²) in [6, 6.07) is 7.81. The summed E-state index contributed by atoms with van der Waals surface area (Å²) in [5.74, 6) is 0. The molecule has 0 aliphatic carbocycles. The van der Waals surface area contributed by atoms with Crippen LogP contribution in [0.4, 0.5) is 10.5 Å². The summed E-state index contributed by atoms with van der Waals surface area (Å²) >= 11 is 0. The molecule has 0 bridgehead atoms. The lowest BCUT2D eigenvalue weighted by atomic mass is 10.1. The molecule has 130 valence electrons. The second kappa shape index (κ2) is 7.34. The number of carbonyl (C=O) groups is 1. The second-order valence-corrected chi connectivity index (χ2v) is 6.41. The van der Waals surface area contributed by atoms with E-state index in [9.17, 15) is 4.79 Å². The van der Waals surface area contributed by atoms with E-state index in [1.165, 1.54) is 5.56 Å². The first-order valence-corrected chi connectivity index (χ1v) is 8.46. The molecule has 0 fully saturated rings. The molecule has 6 heteroatoms. The lowest BCUT2D eigenvalue weighted by Crippen LogP contribution is -2.30. The molecule has 3 aromatic rings. The van der Waals surface area contributed by atoms with Crippen molar-refractivity contribution in [3.8, 4) is 0 Å². The van der Waals surface area contributed by atoms with Crippen molar-refractivity contribution in [2.75, 3.05) is 11.9 Å². The number of aromatic nitrogens is 3. The molecule has 25 heavy (non-hydrogen) atoms. The van der Waals surface area contributed by atoms with Crippen molar-refractivity contribution < 1.29 is 4.79 Å². The zero-order valence-corrected chi connectivity index (χ0v) is 14.8. The summed E-state index contributed by atoms with van der Waals surface area (Å²) in [6.45, 7) is 6.77. The number of pyridine rings is 1. The van der Waals surface area contributed by atoms with Crippen molar-refractivity contribution in [1.82, 2.24) is 20.1 Å². The van der Waals surface area contributed by atoms with Crippen LogP contribution in [-0.4, -0.2) is 27.3 Å². The molecule has 0 radical (unpaired) electrons.